The Hall–Kier alpha value is -0.860. The van der Waals surface area contributed by atoms with Gasteiger partial charge in [-0.1, -0.05) is 36.2 Å². The van der Waals surface area contributed by atoms with E-state index in [9.17, 15) is 4.39 Å². The normalized spacial score (nSPS) is 16.3. The molecular weight excluding hydrogens is 237 g/mol. The third-order valence-corrected chi connectivity index (χ3v) is 3.33. The van der Waals surface area contributed by atoms with Crippen molar-refractivity contribution in [1.29, 1.82) is 0 Å². The highest BCUT2D eigenvalue weighted by Crippen LogP contribution is 2.23. The largest absolute Gasteiger partial charge is 0.310 e. The van der Waals surface area contributed by atoms with E-state index in [0.29, 0.717) is 16.6 Å². The lowest BCUT2D eigenvalue weighted by atomic mass is 10.1. The van der Waals surface area contributed by atoms with Gasteiger partial charge in [0.15, 0.2) is 0 Å². The van der Waals surface area contributed by atoms with Gasteiger partial charge in [-0.2, -0.15) is 0 Å². The van der Waals surface area contributed by atoms with Gasteiger partial charge in [-0.15, -0.1) is 0 Å². The highest BCUT2D eigenvalue weighted by molar-refractivity contribution is 6.32. The fourth-order valence-corrected chi connectivity index (χ4v) is 1.91. The summed E-state index contributed by atoms with van der Waals surface area (Å²) in [5.74, 6) is -0.255. The van der Waals surface area contributed by atoms with E-state index in [-0.39, 0.29) is 5.82 Å². The van der Waals surface area contributed by atoms with E-state index in [4.69, 9.17) is 11.6 Å². The quantitative estimate of drug-likeness (QED) is 0.836. The molecule has 3 heteroatoms. The minimum atomic E-state index is -0.255. The second-order valence-corrected chi connectivity index (χ2v) is 4.85. The van der Waals surface area contributed by atoms with Crippen molar-refractivity contribution < 1.29 is 4.39 Å². The van der Waals surface area contributed by atoms with Crippen LogP contribution in [0.5, 0.6) is 0 Å². The molecule has 0 aliphatic heterocycles. The van der Waals surface area contributed by atoms with E-state index in [0.717, 1.165) is 13.0 Å². The lowest BCUT2D eigenvalue weighted by Crippen LogP contribution is -2.19. The van der Waals surface area contributed by atoms with Crippen LogP contribution in [-0.2, 0) is 0 Å². The van der Waals surface area contributed by atoms with Crippen LogP contribution < -0.4 is 5.32 Å². The standard InChI is InChI=1S/C14H17ClFN/c1-2-10(9-17-11-6-7-11)8-12-13(15)4-3-5-14(12)16/h3-5,8,11,17H,2,6-7,9H2,1H3. The van der Waals surface area contributed by atoms with Gasteiger partial charge in [0.05, 0.1) is 5.02 Å². The molecule has 1 aromatic rings. The van der Waals surface area contributed by atoms with E-state index in [1.165, 1.54) is 24.5 Å². The van der Waals surface area contributed by atoms with Crippen LogP contribution in [0.15, 0.2) is 23.8 Å². The predicted octanol–water partition coefficient (Wildman–Crippen LogP) is 4.02. The first-order chi connectivity index (χ1) is 8.20. The SMILES string of the molecule is CCC(=Cc1c(F)cccc1Cl)CNC1CC1. The van der Waals surface area contributed by atoms with E-state index >= 15 is 0 Å². The summed E-state index contributed by atoms with van der Waals surface area (Å²) in [7, 11) is 0. The highest BCUT2D eigenvalue weighted by atomic mass is 35.5. The van der Waals surface area contributed by atoms with Crippen molar-refractivity contribution >= 4 is 17.7 Å². The maximum absolute atomic E-state index is 13.6. The van der Waals surface area contributed by atoms with Gasteiger partial charge in [-0.3, -0.25) is 0 Å². The average Bonchev–Trinajstić information content (AvgIpc) is 3.12. The van der Waals surface area contributed by atoms with Crippen LogP contribution in [0.1, 0.15) is 31.7 Å². The van der Waals surface area contributed by atoms with Crippen LogP contribution in [-0.4, -0.2) is 12.6 Å². The molecular formula is C14H17ClFN. The molecule has 1 N–H and O–H groups in total. The second kappa shape index (κ2) is 5.65. The molecule has 1 fully saturated rings. The van der Waals surface area contributed by atoms with Crippen molar-refractivity contribution in [3.05, 3.63) is 40.2 Å². The Balaban J connectivity index is 2.12. The van der Waals surface area contributed by atoms with Crippen LogP contribution in [0.25, 0.3) is 6.08 Å². The first kappa shape index (κ1) is 12.6. The molecule has 2 rings (SSSR count). The predicted molar refractivity (Wildman–Crippen MR) is 70.7 cm³/mol. The van der Waals surface area contributed by atoms with Crippen molar-refractivity contribution in [3.8, 4) is 0 Å². The van der Waals surface area contributed by atoms with Gasteiger partial charge in [0.1, 0.15) is 5.82 Å². The molecule has 1 aliphatic carbocycles. The van der Waals surface area contributed by atoms with Crippen molar-refractivity contribution in [2.45, 2.75) is 32.2 Å². The Morgan fingerprint density at radius 3 is 2.88 bits per heavy atom. The summed E-state index contributed by atoms with van der Waals surface area (Å²) in [5, 5.41) is 3.91. The molecule has 0 atom stereocenters. The zero-order valence-electron chi connectivity index (χ0n) is 9.97. The first-order valence-electron chi connectivity index (χ1n) is 6.07. The zero-order chi connectivity index (χ0) is 12.3. The molecule has 1 aromatic carbocycles. The van der Waals surface area contributed by atoms with Gasteiger partial charge in [0.25, 0.3) is 0 Å². The summed E-state index contributed by atoms with van der Waals surface area (Å²) in [6.45, 7) is 2.90. The van der Waals surface area contributed by atoms with Gasteiger partial charge < -0.3 is 5.32 Å². The van der Waals surface area contributed by atoms with Gasteiger partial charge in [-0.25, -0.2) is 4.39 Å². The van der Waals surface area contributed by atoms with Gasteiger partial charge in [-0.05, 0) is 31.4 Å². The Morgan fingerprint density at radius 2 is 2.29 bits per heavy atom. The summed E-state index contributed by atoms with van der Waals surface area (Å²) >= 11 is 6.00. The molecule has 0 saturated heterocycles. The third-order valence-electron chi connectivity index (χ3n) is 3.00. The van der Waals surface area contributed by atoms with Crippen LogP contribution in [0.2, 0.25) is 5.02 Å². The molecule has 1 saturated carbocycles. The van der Waals surface area contributed by atoms with Crippen LogP contribution in [0.3, 0.4) is 0 Å². The lowest BCUT2D eigenvalue weighted by Gasteiger charge is -2.08. The van der Waals surface area contributed by atoms with Crippen LogP contribution in [0, 0.1) is 5.82 Å². The van der Waals surface area contributed by atoms with Crippen molar-refractivity contribution in [2.24, 2.45) is 0 Å². The number of benzene rings is 1. The molecule has 0 spiro atoms. The Labute approximate surface area is 107 Å². The van der Waals surface area contributed by atoms with Crippen molar-refractivity contribution in [1.82, 2.24) is 5.32 Å². The second-order valence-electron chi connectivity index (χ2n) is 4.45. The highest BCUT2D eigenvalue weighted by Gasteiger charge is 2.20. The Bertz CT molecular complexity index is 404. The number of hydrogen-bond donors (Lipinski definition) is 1. The van der Waals surface area contributed by atoms with E-state index in [2.05, 4.69) is 12.2 Å². The molecule has 1 aliphatic rings. The maximum atomic E-state index is 13.6. The minimum absolute atomic E-state index is 0.255. The summed E-state index contributed by atoms with van der Waals surface area (Å²) in [6.07, 6.45) is 5.30. The first-order valence-corrected chi connectivity index (χ1v) is 6.45. The Kier molecular flexibility index (Phi) is 4.19. The molecule has 0 aromatic heterocycles. The summed E-state index contributed by atoms with van der Waals surface area (Å²) in [5.41, 5.74) is 1.69. The molecule has 0 amide bonds. The zero-order valence-corrected chi connectivity index (χ0v) is 10.7. The van der Waals surface area contributed by atoms with Gasteiger partial charge in [0.2, 0.25) is 0 Å². The topological polar surface area (TPSA) is 12.0 Å². The molecule has 1 nitrogen and oxygen atoms in total. The van der Waals surface area contributed by atoms with Crippen LogP contribution in [0.4, 0.5) is 4.39 Å². The molecule has 92 valence electrons. The molecule has 0 bridgehead atoms. The van der Waals surface area contributed by atoms with Crippen molar-refractivity contribution in [3.63, 3.8) is 0 Å². The minimum Gasteiger partial charge on any atom is -0.310 e. The number of hydrogen-bond acceptors (Lipinski definition) is 1. The molecule has 0 heterocycles. The molecule has 0 radical (unpaired) electrons. The maximum Gasteiger partial charge on any atom is 0.131 e. The summed E-state index contributed by atoms with van der Waals surface area (Å²) < 4.78 is 13.6. The summed E-state index contributed by atoms with van der Waals surface area (Å²) in [4.78, 5) is 0. The smallest absolute Gasteiger partial charge is 0.131 e. The molecule has 0 unspecified atom stereocenters. The van der Waals surface area contributed by atoms with E-state index < -0.39 is 0 Å². The van der Waals surface area contributed by atoms with Gasteiger partial charge >= 0.3 is 0 Å². The number of halogens is 2. The van der Waals surface area contributed by atoms with E-state index in [1.54, 1.807) is 12.1 Å². The van der Waals surface area contributed by atoms with E-state index in [1.807, 2.05) is 6.08 Å². The fraction of sp³-hybridized carbons (Fsp3) is 0.429. The average molecular weight is 254 g/mol. The van der Waals surface area contributed by atoms with Crippen molar-refractivity contribution in [2.75, 3.05) is 6.54 Å². The molecule has 17 heavy (non-hydrogen) atoms. The third kappa shape index (κ3) is 3.55. The fourth-order valence-electron chi connectivity index (χ4n) is 1.69. The van der Waals surface area contributed by atoms with Crippen LogP contribution >= 0.6 is 11.6 Å². The van der Waals surface area contributed by atoms with Gasteiger partial charge in [0, 0.05) is 18.2 Å². The lowest BCUT2D eigenvalue weighted by molar-refractivity contribution is 0.624. The Morgan fingerprint density at radius 1 is 1.53 bits per heavy atom. The number of nitrogens with one attached hydrogen (secondary N) is 1. The summed E-state index contributed by atoms with van der Waals surface area (Å²) in [6, 6.07) is 5.46. The monoisotopic (exact) mass is 253 g/mol. The number of rotatable bonds is 5.